The van der Waals surface area contributed by atoms with Crippen molar-refractivity contribution in [1.29, 1.82) is 0 Å². The number of carbonyl (C=O) groups is 2. The van der Waals surface area contributed by atoms with Crippen molar-refractivity contribution in [2.75, 3.05) is 7.05 Å². The van der Waals surface area contributed by atoms with Crippen LogP contribution in [0.4, 0.5) is 0 Å². The Morgan fingerprint density at radius 2 is 1.50 bits per heavy atom. The highest BCUT2D eigenvalue weighted by molar-refractivity contribution is 6.30. The lowest BCUT2D eigenvalue weighted by atomic mass is 10.1. The van der Waals surface area contributed by atoms with E-state index in [2.05, 4.69) is 24.4 Å². The second kappa shape index (κ2) is 10.1. The van der Waals surface area contributed by atoms with E-state index in [0.29, 0.717) is 6.04 Å². The number of benzene rings is 1. The van der Waals surface area contributed by atoms with E-state index >= 15 is 0 Å². The lowest BCUT2D eigenvalue weighted by molar-refractivity contribution is -0.165. The number of aliphatic hydroxyl groups is 2. The van der Waals surface area contributed by atoms with E-state index in [9.17, 15) is 9.59 Å². The number of likely N-dealkylation sites (N-methyl/N-ethyl adjacent to an activating group) is 1. The Balaban J connectivity index is 0.000000409. The Hall–Kier alpha value is -1.67. The van der Waals surface area contributed by atoms with Crippen LogP contribution in [0.3, 0.4) is 0 Å². The molecule has 3 atom stereocenters. The number of halogens is 1. The van der Waals surface area contributed by atoms with E-state index < -0.39 is 24.1 Å². The summed E-state index contributed by atoms with van der Waals surface area (Å²) in [7, 11) is 1.97. The van der Waals surface area contributed by atoms with Gasteiger partial charge >= 0.3 is 11.9 Å². The number of aliphatic carboxylic acids is 2. The molecule has 0 aliphatic rings. The van der Waals surface area contributed by atoms with Gasteiger partial charge in [0.25, 0.3) is 0 Å². The molecule has 0 saturated carbocycles. The summed E-state index contributed by atoms with van der Waals surface area (Å²) in [6.45, 7) is 2.16. The number of hydrogen-bond acceptors (Lipinski definition) is 5. The molecule has 0 saturated heterocycles. The van der Waals surface area contributed by atoms with Crippen LogP contribution in [0.25, 0.3) is 0 Å². The molecule has 7 nitrogen and oxygen atoms in total. The van der Waals surface area contributed by atoms with Crippen LogP contribution in [0.5, 0.6) is 0 Å². The van der Waals surface area contributed by atoms with Gasteiger partial charge in [-0.2, -0.15) is 0 Å². The van der Waals surface area contributed by atoms with Crippen molar-refractivity contribution in [3.05, 3.63) is 34.9 Å². The molecule has 0 aliphatic carbocycles. The Bertz CT molecular complexity index is 461. The van der Waals surface area contributed by atoms with E-state index in [-0.39, 0.29) is 0 Å². The van der Waals surface area contributed by atoms with E-state index in [4.69, 9.17) is 32.0 Å². The van der Waals surface area contributed by atoms with Gasteiger partial charge in [0.2, 0.25) is 0 Å². The van der Waals surface area contributed by atoms with Crippen molar-refractivity contribution in [2.24, 2.45) is 0 Å². The minimum absolute atomic E-state index is 0.520. The minimum Gasteiger partial charge on any atom is -0.479 e. The molecule has 0 heterocycles. The third kappa shape index (κ3) is 7.94. The molecule has 0 bridgehead atoms. The molecule has 22 heavy (non-hydrogen) atoms. The van der Waals surface area contributed by atoms with Crippen LogP contribution < -0.4 is 5.32 Å². The van der Waals surface area contributed by atoms with E-state index in [1.54, 1.807) is 0 Å². The van der Waals surface area contributed by atoms with Crippen molar-refractivity contribution < 1.29 is 30.0 Å². The quantitative estimate of drug-likeness (QED) is 0.509. The molecular weight excluding hydrogens is 314 g/mol. The van der Waals surface area contributed by atoms with E-state index in [0.717, 1.165) is 11.4 Å². The zero-order valence-electron chi connectivity index (χ0n) is 12.2. The van der Waals surface area contributed by atoms with Crippen LogP contribution in [0.2, 0.25) is 5.02 Å². The van der Waals surface area contributed by atoms with Crippen molar-refractivity contribution in [3.8, 4) is 0 Å². The molecule has 0 radical (unpaired) electrons. The Kier molecular flexibility index (Phi) is 9.35. The maximum Gasteiger partial charge on any atom is 0.335 e. The van der Waals surface area contributed by atoms with Gasteiger partial charge in [0.1, 0.15) is 0 Å². The first-order valence-corrected chi connectivity index (χ1v) is 6.80. The van der Waals surface area contributed by atoms with Crippen LogP contribution in [-0.4, -0.2) is 57.7 Å². The van der Waals surface area contributed by atoms with Crippen LogP contribution in [0, 0.1) is 0 Å². The number of hydrogen-bond donors (Lipinski definition) is 5. The average Bonchev–Trinajstić information content (AvgIpc) is 2.48. The first kappa shape index (κ1) is 20.3. The summed E-state index contributed by atoms with van der Waals surface area (Å²) in [4.78, 5) is 19.5. The lowest BCUT2D eigenvalue weighted by Crippen LogP contribution is -2.39. The fourth-order valence-corrected chi connectivity index (χ4v) is 1.47. The molecule has 1 rings (SSSR count). The topological polar surface area (TPSA) is 127 Å². The highest BCUT2D eigenvalue weighted by atomic mass is 35.5. The summed E-state index contributed by atoms with van der Waals surface area (Å²) in [6.07, 6.45) is -3.48. The van der Waals surface area contributed by atoms with Gasteiger partial charge in [-0.05, 0) is 38.1 Å². The maximum absolute atomic E-state index is 9.77. The van der Waals surface area contributed by atoms with Crippen LogP contribution >= 0.6 is 11.6 Å². The number of carboxylic acid groups (broad SMARTS) is 2. The predicted molar refractivity (Wildman–Crippen MR) is 81.0 cm³/mol. The van der Waals surface area contributed by atoms with Crippen molar-refractivity contribution in [3.63, 3.8) is 0 Å². The molecule has 8 heteroatoms. The van der Waals surface area contributed by atoms with Crippen molar-refractivity contribution in [1.82, 2.24) is 5.32 Å². The molecule has 3 unspecified atom stereocenters. The van der Waals surface area contributed by atoms with Crippen LogP contribution in [0.15, 0.2) is 24.3 Å². The molecule has 0 aliphatic heterocycles. The number of nitrogens with one attached hydrogen (secondary N) is 1. The normalized spacial score (nSPS) is 14.2. The van der Waals surface area contributed by atoms with Gasteiger partial charge in [0.15, 0.2) is 12.2 Å². The molecule has 5 N–H and O–H groups in total. The second-order valence-electron chi connectivity index (χ2n) is 4.59. The standard InChI is InChI=1S/C10H14ClN.C4H6O6/c1-8(12-2)7-9-3-5-10(11)6-4-9;5-1(3(7)8)2(6)4(9)10/h3-6,8,12H,7H2,1-2H3;1-2,5-6H,(H,7,8)(H,9,10). The zero-order chi connectivity index (χ0) is 17.3. The van der Waals surface area contributed by atoms with E-state index in [1.807, 2.05) is 19.2 Å². The highest BCUT2D eigenvalue weighted by Crippen LogP contribution is 2.10. The molecule has 0 aromatic heterocycles. The monoisotopic (exact) mass is 333 g/mol. The van der Waals surface area contributed by atoms with Crippen LogP contribution in [0.1, 0.15) is 12.5 Å². The summed E-state index contributed by atoms with van der Waals surface area (Å²) in [6, 6.07) is 8.51. The molecule has 0 spiro atoms. The van der Waals surface area contributed by atoms with Crippen molar-refractivity contribution in [2.45, 2.75) is 31.6 Å². The Labute approximate surface area is 133 Å². The van der Waals surface area contributed by atoms with Gasteiger partial charge in [-0.1, -0.05) is 23.7 Å². The van der Waals surface area contributed by atoms with Crippen molar-refractivity contribution >= 4 is 23.5 Å². The van der Waals surface area contributed by atoms with Crippen LogP contribution in [-0.2, 0) is 16.0 Å². The van der Waals surface area contributed by atoms with E-state index in [1.165, 1.54) is 5.56 Å². The predicted octanol–water partition coefficient (Wildman–Crippen LogP) is 0.368. The Morgan fingerprint density at radius 3 is 1.82 bits per heavy atom. The van der Waals surface area contributed by atoms with Gasteiger partial charge in [-0.25, -0.2) is 9.59 Å². The third-order valence-electron chi connectivity index (χ3n) is 2.75. The largest absolute Gasteiger partial charge is 0.479 e. The highest BCUT2D eigenvalue weighted by Gasteiger charge is 2.29. The summed E-state index contributed by atoms with van der Waals surface area (Å²) in [5.74, 6) is -3.54. The maximum atomic E-state index is 9.77. The summed E-state index contributed by atoms with van der Waals surface area (Å²) in [5, 5.41) is 36.5. The first-order valence-electron chi connectivity index (χ1n) is 6.42. The zero-order valence-corrected chi connectivity index (χ0v) is 13.0. The first-order chi connectivity index (χ1) is 10.2. The molecular formula is C14H20ClNO6. The fourth-order valence-electron chi connectivity index (χ4n) is 1.35. The molecule has 1 aromatic rings. The second-order valence-corrected chi connectivity index (χ2v) is 5.02. The SMILES string of the molecule is CNC(C)Cc1ccc(Cl)cc1.O=C(O)C(O)C(O)C(=O)O. The Morgan fingerprint density at radius 1 is 1.09 bits per heavy atom. The average molecular weight is 334 g/mol. The molecule has 0 amide bonds. The fraction of sp³-hybridized carbons (Fsp3) is 0.429. The number of rotatable bonds is 6. The van der Waals surface area contributed by atoms with Gasteiger partial charge in [-0.3, -0.25) is 0 Å². The summed E-state index contributed by atoms with van der Waals surface area (Å²) < 4.78 is 0. The molecule has 1 aromatic carbocycles. The third-order valence-corrected chi connectivity index (χ3v) is 3.01. The van der Waals surface area contributed by atoms with Gasteiger partial charge in [0, 0.05) is 11.1 Å². The smallest absolute Gasteiger partial charge is 0.335 e. The summed E-state index contributed by atoms with van der Waals surface area (Å²) >= 11 is 5.77. The lowest BCUT2D eigenvalue weighted by Gasteiger charge is -2.09. The van der Waals surface area contributed by atoms with Gasteiger partial charge < -0.3 is 25.7 Å². The van der Waals surface area contributed by atoms with Gasteiger partial charge in [-0.15, -0.1) is 0 Å². The number of carboxylic acids is 2. The number of aliphatic hydroxyl groups excluding tert-OH is 2. The van der Waals surface area contributed by atoms with Gasteiger partial charge in [0.05, 0.1) is 0 Å². The summed E-state index contributed by atoms with van der Waals surface area (Å²) in [5.41, 5.74) is 1.32. The molecule has 0 fully saturated rings. The minimum atomic E-state index is -2.27. The molecule has 124 valence electrons.